The summed E-state index contributed by atoms with van der Waals surface area (Å²) in [7, 11) is 1.85. The molecule has 0 atom stereocenters. The Labute approximate surface area is 137 Å². The lowest BCUT2D eigenvalue weighted by Gasteiger charge is -2.37. The van der Waals surface area contributed by atoms with Crippen molar-refractivity contribution in [2.24, 2.45) is 5.41 Å². The van der Waals surface area contributed by atoms with E-state index in [9.17, 15) is 4.79 Å². The number of pyridine rings is 1. The van der Waals surface area contributed by atoms with Gasteiger partial charge in [0.2, 0.25) is 0 Å². The maximum atomic E-state index is 12.5. The molecule has 1 aromatic heterocycles. The topological polar surface area (TPSA) is 45.2 Å². The number of nitrogens with zero attached hydrogens (tertiary/aromatic N) is 2. The molecule has 1 aromatic rings. The number of fused-ring (bicyclic) bond motifs is 1. The first-order chi connectivity index (χ1) is 11.2. The van der Waals surface area contributed by atoms with Crippen LogP contribution in [0.25, 0.3) is 5.70 Å². The number of Topliss-reactive ketones (excluding diaryl/α,β-unsaturated/α-hetero) is 1. The summed E-state index contributed by atoms with van der Waals surface area (Å²) in [6.45, 7) is 1.98. The minimum Gasteiger partial charge on any atom is -0.373 e. The molecule has 2 aliphatic carbocycles. The lowest BCUT2D eigenvalue weighted by molar-refractivity contribution is -0.114. The van der Waals surface area contributed by atoms with Gasteiger partial charge in [0.05, 0.1) is 11.3 Å². The number of nitrogens with one attached hydrogen (secondary N) is 1. The predicted molar refractivity (Wildman–Crippen MR) is 90.7 cm³/mol. The monoisotopic (exact) mass is 307 g/mol. The molecule has 1 saturated carbocycles. The summed E-state index contributed by atoms with van der Waals surface area (Å²) in [6, 6.07) is 2.02. The van der Waals surface area contributed by atoms with Gasteiger partial charge in [-0.15, -0.1) is 6.42 Å². The second-order valence-electron chi connectivity index (χ2n) is 6.93. The van der Waals surface area contributed by atoms with Crippen LogP contribution in [0.15, 0.2) is 17.8 Å². The number of aromatic nitrogens is 1. The minimum atomic E-state index is 0.0423. The molecule has 4 rings (SSSR count). The molecule has 1 aliphatic heterocycles. The zero-order valence-corrected chi connectivity index (χ0v) is 13.5. The number of piperidine rings is 1. The van der Waals surface area contributed by atoms with E-state index in [4.69, 9.17) is 6.42 Å². The van der Waals surface area contributed by atoms with Crippen LogP contribution < -0.4 is 5.32 Å². The van der Waals surface area contributed by atoms with E-state index in [-0.39, 0.29) is 5.78 Å². The second-order valence-corrected chi connectivity index (χ2v) is 6.93. The zero-order valence-electron chi connectivity index (χ0n) is 13.5. The third kappa shape index (κ3) is 2.31. The fourth-order valence-corrected chi connectivity index (χ4v) is 3.87. The quantitative estimate of drug-likeness (QED) is 0.853. The Hall–Kier alpha value is -2.28. The lowest BCUT2D eigenvalue weighted by Crippen LogP contribution is -2.36. The Morgan fingerprint density at radius 2 is 2.04 bits per heavy atom. The Kier molecular flexibility index (Phi) is 3.19. The van der Waals surface area contributed by atoms with Crippen molar-refractivity contribution in [2.75, 3.05) is 25.5 Å². The van der Waals surface area contributed by atoms with Crippen LogP contribution in [0, 0.1) is 17.8 Å². The van der Waals surface area contributed by atoms with Crippen LogP contribution in [-0.2, 0) is 11.2 Å². The summed E-state index contributed by atoms with van der Waals surface area (Å²) in [6.07, 6.45) is 13.0. The summed E-state index contributed by atoms with van der Waals surface area (Å²) in [5.74, 6) is 3.51. The van der Waals surface area contributed by atoms with Gasteiger partial charge in [-0.05, 0) is 42.7 Å². The van der Waals surface area contributed by atoms with E-state index in [1.165, 1.54) is 25.7 Å². The van der Waals surface area contributed by atoms with Crippen molar-refractivity contribution in [1.82, 2.24) is 9.88 Å². The van der Waals surface area contributed by atoms with Gasteiger partial charge in [0.15, 0.2) is 5.78 Å². The highest BCUT2D eigenvalue weighted by atomic mass is 16.1. The van der Waals surface area contributed by atoms with E-state index in [1.807, 2.05) is 13.1 Å². The third-order valence-electron chi connectivity index (χ3n) is 5.61. The van der Waals surface area contributed by atoms with Crippen molar-refractivity contribution in [3.8, 4) is 12.3 Å². The molecule has 0 aromatic carbocycles. The fraction of sp³-hybridized carbons (Fsp3) is 0.474. The molecule has 0 unspecified atom stereocenters. The molecule has 118 valence electrons. The molecule has 1 spiro atoms. The van der Waals surface area contributed by atoms with Gasteiger partial charge in [-0.25, -0.2) is 4.98 Å². The Bertz CT molecular complexity index is 742. The van der Waals surface area contributed by atoms with Gasteiger partial charge in [-0.2, -0.15) is 0 Å². The van der Waals surface area contributed by atoms with Crippen LogP contribution in [0.3, 0.4) is 0 Å². The van der Waals surface area contributed by atoms with Crippen molar-refractivity contribution < 1.29 is 4.79 Å². The lowest BCUT2D eigenvalue weighted by atomic mass is 9.86. The molecule has 4 nitrogen and oxygen atoms in total. The average Bonchev–Trinajstić information content (AvgIpc) is 3.33. The summed E-state index contributed by atoms with van der Waals surface area (Å²) >= 11 is 0. The van der Waals surface area contributed by atoms with E-state index in [1.54, 1.807) is 6.20 Å². The number of carbonyl (C=O) groups excluding carboxylic acids is 1. The highest BCUT2D eigenvalue weighted by molar-refractivity contribution is 6.10. The molecule has 3 aliphatic rings. The first-order valence-electron chi connectivity index (χ1n) is 8.32. The van der Waals surface area contributed by atoms with E-state index >= 15 is 0 Å². The van der Waals surface area contributed by atoms with Gasteiger partial charge in [0.25, 0.3) is 0 Å². The first kappa shape index (κ1) is 14.3. The molecule has 23 heavy (non-hydrogen) atoms. The van der Waals surface area contributed by atoms with E-state index in [0.717, 1.165) is 35.7 Å². The van der Waals surface area contributed by atoms with Crippen LogP contribution >= 0.6 is 0 Å². The minimum absolute atomic E-state index is 0.0423. The number of rotatable bonds is 2. The molecule has 2 heterocycles. The van der Waals surface area contributed by atoms with Crippen LogP contribution in [-0.4, -0.2) is 35.8 Å². The number of ketones is 1. The Morgan fingerprint density at radius 1 is 1.30 bits per heavy atom. The summed E-state index contributed by atoms with van der Waals surface area (Å²) < 4.78 is 0. The second kappa shape index (κ2) is 5.13. The van der Waals surface area contributed by atoms with Gasteiger partial charge in [0, 0.05) is 38.3 Å². The molecule has 0 radical (unpaired) electrons. The third-order valence-corrected chi connectivity index (χ3v) is 5.61. The maximum absolute atomic E-state index is 12.5. The SMILES string of the molecule is C#CC1=C(N2CCC3(CC2)CC3)c2cc(NC)ncc2CC1=O. The van der Waals surface area contributed by atoms with Crippen LogP contribution in [0.5, 0.6) is 0 Å². The van der Waals surface area contributed by atoms with Crippen LogP contribution in [0.2, 0.25) is 0 Å². The summed E-state index contributed by atoms with van der Waals surface area (Å²) in [5.41, 5.74) is 4.15. The van der Waals surface area contributed by atoms with Gasteiger partial charge < -0.3 is 10.2 Å². The van der Waals surface area contributed by atoms with Gasteiger partial charge >= 0.3 is 0 Å². The van der Waals surface area contributed by atoms with Crippen LogP contribution in [0.1, 0.15) is 36.8 Å². The predicted octanol–water partition coefficient (Wildman–Crippen LogP) is 2.47. The average molecular weight is 307 g/mol. The van der Waals surface area contributed by atoms with Gasteiger partial charge in [-0.3, -0.25) is 4.79 Å². The molecule has 0 bridgehead atoms. The normalized spacial score (nSPS) is 21.9. The van der Waals surface area contributed by atoms with E-state index < -0.39 is 0 Å². The highest BCUT2D eigenvalue weighted by Crippen LogP contribution is 2.54. The number of carbonyl (C=O) groups is 1. The van der Waals surface area contributed by atoms with E-state index in [0.29, 0.717) is 17.4 Å². The number of terminal acetylenes is 1. The maximum Gasteiger partial charge on any atom is 0.177 e. The van der Waals surface area contributed by atoms with Crippen molar-refractivity contribution in [3.05, 3.63) is 29.0 Å². The Balaban J connectivity index is 1.77. The number of hydrogen-bond acceptors (Lipinski definition) is 4. The smallest absolute Gasteiger partial charge is 0.177 e. The number of hydrogen-bond donors (Lipinski definition) is 1. The molecular formula is C19H21N3O. The van der Waals surface area contributed by atoms with Crippen molar-refractivity contribution in [2.45, 2.75) is 32.1 Å². The highest BCUT2D eigenvalue weighted by Gasteiger charge is 2.45. The summed E-state index contributed by atoms with van der Waals surface area (Å²) in [4.78, 5) is 19.1. The molecule has 4 heteroatoms. The van der Waals surface area contributed by atoms with Crippen molar-refractivity contribution in [3.63, 3.8) is 0 Å². The number of allylic oxidation sites excluding steroid dienone is 1. The largest absolute Gasteiger partial charge is 0.373 e. The zero-order chi connectivity index (χ0) is 16.0. The van der Waals surface area contributed by atoms with Crippen LogP contribution in [0.4, 0.5) is 5.82 Å². The standard InChI is InChI=1S/C19H21N3O/c1-3-14-16(23)10-13-12-21-17(20-2)11-15(13)18(14)22-8-6-19(4-5-19)7-9-22/h1,11-12H,4-10H2,2H3,(H,20,21). The van der Waals surface area contributed by atoms with E-state index in [2.05, 4.69) is 21.1 Å². The molecule has 0 amide bonds. The van der Waals surface area contributed by atoms with Gasteiger partial charge in [-0.1, -0.05) is 5.92 Å². The van der Waals surface area contributed by atoms with Crippen molar-refractivity contribution in [1.29, 1.82) is 0 Å². The molecule has 2 fully saturated rings. The molecular weight excluding hydrogens is 286 g/mol. The first-order valence-corrected chi connectivity index (χ1v) is 8.32. The Morgan fingerprint density at radius 3 is 2.65 bits per heavy atom. The molecule has 1 saturated heterocycles. The fourth-order valence-electron chi connectivity index (χ4n) is 3.87. The number of anilines is 1. The molecule has 1 N–H and O–H groups in total. The summed E-state index contributed by atoms with van der Waals surface area (Å²) in [5, 5.41) is 3.08. The number of likely N-dealkylation sites (tertiary alicyclic amines) is 1. The van der Waals surface area contributed by atoms with Crippen molar-refractivity contribution >= 4 is 17.3 Å². The van der Waals surface area contributed by atoms with Gasteiger partial charge in [0.1, 0.15) is 5.82 Å².